The van der Waals surface area contributed by atoms with E-state index in [0.717, 1.165) is 27.6 Å². The van der Waals surface area contributed by atoms with Gasteiger partial charge in [-0.15, -0.1) is 0 Å². The highest BCUT2D eigenvalue weighted by Gasteiger charge is 2.46. The van der Waals surface area contributed by atoms with Gasteiger partial charge in [0.1, 0.15) is 5.76 Å². The number of ether oxygens (including phenoxy) is 1. The minimum atomic E-state index is -0.657. The lowest BCUT2D eigenvalue weighted by molar-refractivity contribution is -0.140. The van der Waals surface area contributed by atoms with Gasteiger partial charge in [0.05, 0.1) is 24.8 Å². The van der Waals surface area contributed by atoms with E-state index >= 15 is 0 Å². The Hall–Kier alpha value is -2.00. The van der Waals surface area contributed by atoms with Gasteiger partial charge in [0.2, 0.25) is 0 Å². The van der Waals surface area contributed by atoms with E-state index in [1.165, 1.54) is 0 Å². The van der Waals surface area contributed by atoms with Gasteiger partial charge in [0.25, 0.3) is 11.7 Å². The SMILES string of the molecule is O=C1C(=O)N(CCN2CCOCC2)[C@@H](c2ccc(Br)cc2)/C1=C(\O)c1ccc(Br)cc1. The zero-order valence-corrected chi connectivity index (χ0v) is 19.9. The van der Waals surface area contributed by atoms with E-state index in [1.807, 2.05) is 24.3 Å². The molecule has 4 rings (SSSR count). The highest BCUT2D eigenvalue weighted by atomic mass is 79.9. The smallest absolute Gasteiger partial charge is 0.295 e. The molecule has 2 aliphatic heterocycles. The van der Waals surface area contributed by atoms with Crippen LogP contribution in [0.3, 0.4) is 0 Å². The third kappa shape index (κ3) is 4.77. The van der Waals surface area contributed by atoms with Crippen LogP contribution < -0.4 is 0 Å². The van der Waals surface area contributed by atoms with Crippen molar-refractivity contribution in [2.45, 2.75) is 6.04 Å². The van der Waals surface area contributed by atoms with Gasteiger partial charge in [-0.2, -0.15) is 0 Å². The number of ketones is 1. The zero-order chi connectivity index (χ0) is 22.0. The predicted molar refractivity (Wildman–Crippen MR) is 125 cm³/mol. The second-order valence-corrected chi connectivity index (χ2v) is 9.34. The van der Waals surface area contributed by atoms with Crippen molar-refractivity contribution in [2.24, 2.45) is 0 Å². The fourth-order valence-corrected chi connectivity index (χ4v) is 4.47. The van der Waals surface area contributed by atoms with Crippen molar-refractivity contribution >= 4 is 49.3 Å². The second-order valence-electron chi connectivity index (χ2n) is 7.50. The average Bonchev–Trinajstić information content (AvgIpc) is 3.04. The van der Waals surface area contributed by atoms with Crippen LogP contribution in [0.2, 0.25) is 0 Å². The summed E-state index contributed by atoms with van der Waals surface area (Å²) in [6, 6.07) is 13.9. The molecule has 0 radical (unpaired) electrons. The number of hydrogen-bond donors (Lipinski definition) is 1. The number of carbonyl (C=O) groups is 2. The van der Waals surface area contributed by atoms with Crippen molar-refractivity contribution in [3.63, 3.8) is 0 Å². The first-order valence-corrected chi connectivity index (χ1v) is 11.6. The van der Waals surface area contributed by atoms with Crippen LogP contribution >= 0.6 is 31.9 Å². The molecule has 0 unspecified atom stereocenters. The fourth-order valence-electron chi connectivity index (χ4n) is 3.94. The Morgan fingerprint density at radius 1 is 0.935 bits per heavy atom. The molecule has 6 nitrogen and oxygen atoms in total. The lowest BCUT2D eigenvalue weighted by Gasteiger charge is -2.31. The van der Waals surface area contributed by atoms with Crippen LogP contribution in [-0.4, -0.2) is 66.0 Å². The summed E-state index contributed by atoms with van der Waals surface area (Å²) in [6.07, 6.45) is 0. The number of nitrogens with zero attached hydrogens (tertiary/aromatic N) is 2. The zero-order valence-electron chi connectivity index (χ0n) is 16.8. The normalized spacial score (nSPS) is 21.6. The summed E-state index contributed by atoms with van der Waals surface area (Å²) in [6.45, 7) is 3.96. The Bertz CT molecular complexity index is 999. The number of halogens is 2. The number of Topliss-reactive ketones (excluding diaryl/α,β-unsaturated/α-hetero) is 1. The van der Waals surface area contributed by atoms with Crippen LogP contribution in [0.15, 0.2) is 63.0 Å². The summed E-state index contributed by atoms with van der Waals surface area (Å²) in [5.41, 5.74) is 1.40. The molecule has 31 heavy (non-hydrogen) atoms. The highest BCUT2D eigenvalue weighted by molar-refractivity contribution is 9.10. The number of morpholine rings is 1. The topological polar surface area (TPSA) is 70.1 Å². The lowest BCUT2D eigenvalue weighted by atomic mass is 9.95. The van der Waals surface area contributed by atoms with Gasteiger partial charge in [0, 0.05) is 40.7 Å². The van der Waals surface area contributed by atoms with E-state index in [2.05, 4.69) is 36.8 Å². The van der Waals surface area contributed by atoms with Gasteiger partial charge in [-0.3, -0.25) is 14.5 Å². The molecule has 2 heterocycles. The quantitative estimate of drug-likeness (QED) is 0.347. The largest absolute Gasteiger partial charge is 0.507 e. The molecule has 0 saturated carbocycles. The predicted octanol–water partition coefficient (Wildman–Crippen LogP) is 3.97. The molecule has 2 aliphatic rings. The standard InChI is InChI=1S/C23H22Br2N2O4/c24-17-5-1-15(2-6-17)20-19(21(28)16-3-7-18(25)8-4-16)22(29)23(30)27(20)10-9-26-11-13-31-14-12-26/h1-8,20,28H,9-14H2/b21-19+/t20-/m0/s1. The van der Waals surface area contributed by atoms with Crippen LogP contribution in [-0.2, 0) is 14.3 Å². The minimum absolute atomic E-state index is 0.122. The van der Waals surface area contributed by atoms with Crippen molar-refractivity contribution in [2.75, 3.05) is 39.4 Å². The Kier molecular flexibility index (Phi) is 6.91. The van der Waals surface area contributed by atoms with E-state index in [9.17, 15) is 14.7 Å². The molecule has 0 spiro atoms. The summed E-state index contributed by atoms with van der Waals surface area (Å²) in [5.74, 6) is -1.40. The Morgan fingerprint density at radius 3 is 2.13 bits per heavy atom. The van der Waals surface area contributed by atoms with Crippen molar-refractivity contribution in [3.8, 4) is 0 Å². The third-order valence-corrected chi connectivity index (χ3v) is 6.66. The third-order valence-electron chi connectivity index (χ3n) is 5.60. The van der Waals surface area contributed by atoms with Gasteiger partial charge in [-0.1, -0.05) is 56.1 Å². The molecular weight excluding hydrogens is 528 g/mol. The monoisotopic (exact) mass is 548 g/mol. The van der Waals surface area contributed by atoms with E-state index in [-0.39, 0.29) is 11.3 Å². The molecule has 1 N–H and O–H groups in total. The van der Waals surface area contributed by atoms with E-state index in [0.29, 0.717) is 31.9 Å². The molecule has 8 heteroatoms. The van der Waals surface area contributed by atoms with Crippen molar-refractivity contribution in [1.82, 2.24) is 9.80 Å². The molecular formula is C23H22Br2N2O4. The Balaban J connectivity index is 1.72. The maximum absolute atomic E-state index is 13.0. The van der Waals surface area contributed by atoms with Crippen LogP contribution in [0.25, 0.3) is 5.76 Å². The summed E-state index contributed by atoms with van der Waals surface area (Å²) >= 11 is 6.81. The molecule has 0 aromatic heterocycles. The number of aliphatic hydroxyl groups excluding tert-OH is 1. The first-order chi connectivity index (χ1) is 15.0. The first-order valence-electron chi connectivity index (χ1n) is 10.1. The van der Waals surface area contributed by atoms with Crippen LogP contribution in [0.1, 0.15) is 17.2 Å². The molecule has 0 bridgehead atoms. The van der Waals surface area contributed by atoms with Crippen LogP contribution in [0.5, 0.6) is 0 Å². The van der Waals surface area contributed by atoms with E-state index < -0.39 is 17.7 Å². The lowest BCUT2D eigenvalue weighted by Crippen LogP contribution is -2.42. The summed E-state index contributed by atoms with van der Waals surface area (Å²) in [4.78, 5) is 29.8. The molecule has 2 aromatic rings. The molecule has 1 amide bonds. The molecule has 2 aromatic carbocycles. The van der Waals surface area contributed by atoms with Gasteiger partial charge >= 0.3 is 0 Å². The van der Waals surface area contributed by atoms with E-state index in [1.54, 1.807) is 29.2 Å². The van der Waals surface area contributed by atoms with Crippen LogP contribution in [0.4, 0.5) is 0 Å². The van der Waals surface area contributed by atoms with Crippen molar-refractivity contribution in [1.29, 1.82) is 0 Å². The minimum Gasteiger partial charge on any atom is -0.507 e. The molecule has 2 fully saturated rings. The number of benzene rings is 2. The number of aliphatic hydroxyl groups is 1. The molecule has 162 valence electrons. The van der Waals surface area contributed by atoms with Gasteiger partial charge in [0.15, 0.2) is 0 Å². The van der Waals surface area contributed by atoms with Crippen molar-refractivity contribution < 1.29 is 19.4 Å². The summed E-state index contributed by atoms with van der Waals surface area (Å²) in [7, 11) is 0. The number of rotatable bonds is 5. The number of likely N-dealkylation sites (tertiary alicyclic amines) is 1. The summed E-state index contributed by atoms with van der Waals surface area (Å²) < 4.78 is 7.15. The number of hydrogen-bond acceptors (Lipinski definition) is 5. The van der Waals surface area contributed by atoms with Gasteiger partial charge < -0.3 is 14.7 Å². The number of carbonyl (C=O) groups excluding carboxylic acids is 2. The highest BCUT2D eigenvalue weighted by Crippen LogP contribution is 2.39. The average molecular weight is 550 g/mol. The summed E-state index contributed by atoms with van der Waals surface area (Å²) in [5, 5.41) is 11.0. The van der Waals surface area contributed by atoms with Gasteiger partial charge in [-0.25, -0.2) is 0 Å². The maximum Gasteiger partial charge on any atom is 0.295 e. The Labute approximate surface area is 197 Å². The van der Waals surface area contributed by atoms with Gasteiger partial charge in [-0.05, 0) is 29.8 Å². The first kappa shape index (κ1) is 22.2. The second kappa shape index (κ2) is 9.65. The Morgan fingerprint density at radius 2 is 1.52 bits per heavy atom. The molecule has 1 atom stereocenters. The fraction of sp³-hybridized carbons (Fsp3) is 0.304. The maximum atomic E-state index is 13.0. The molecule has 2 saturated heterocycles. The number of amides is 1. The molecule has 0 aliphatic carbocycles. The van der Waals surface area contributed by atoms with E-state index in [4.69, 9.17) is 4.74 Å². The van der Waals surface area contributed by atoms with Crippen LogP contribution in [0, 0.1) is 0 Å². The van der Waals surface area contributed by atoms with Crippen molar-refractivity contribution in [3.05, 3.63) is 74.2 Å².